The first-order chi connectivity index (χ1) is 9.61. The molecule has 0 radical (unpaired) electrons. The highest BCUT2D eigenvalue weighted by Crippen LogP contribution is 2.09. The van der Waals surface area contributed by atoms with Crippen LogP contribution in [0.15, 0.2) is 5.10 Å². The maximum absolute atomic E-state index is 11.8. The van der Waals surface area contributed by atoms with Crippen LogP contribution in [0.25, 0.3) is 0 Å². The quantitative estimate of drug-likeness (QED) is 0.688. The van der Waals surface area contributed by atoms with E-state index in [2.05, 4.69) is 20.6 Å². The first kappa shape index (κ1) is 14.1. The van der Waals surface area contributed by atoms with E-state index in [9.17, 15) is 9.59 Å². The van der Waals surface area contributed by atoms with E-state index in [1.165, 1.54) is 7.05 Å². The summed E-state index contributed by atoms with van der Waals surface area (Å²) < 4.78 is 6.71. The van der Waals surface area contributed by atoms with Crippen molar-refractivity contribution in [3.8, 4) is 0 Å². The molecule has 9 nitrogen and oxygen atoms in total. The molecule has 0 fully saturated rings. The molecule has 0 aromatic carbocycles. The SMILES string of the molecule is CCCn1nnnc1COC(=O)C1=NN(C)C(=O)CC1. The monoisotopic (exact) mass is 280 g/mol. The molecule has 20 heavy (non-hydrogen) atoms. The third-order valence-corrected chi connectivity index (χ3v) is 2.82. The molecule has 0 atom stereocenters. The zero-order valence-corrected chi connectivity index (χ0v) is 11.4. The van der Waals surface area contributed by atoms with E-state index in [-0.39, 0.29) is 24.6 Å². The van der Waals surface area contributed by atoms with E-state index in [4.69, 9.17) is 4.74 Å². The fraction of sp³-hybridized carbons (Fsp3) is 0.636. The van der Waals surface area contributed by atoms with Gasteiger partial charge in [-0.3, -0.25) is 4.79 Å². The van der Waals surface area contributed by atoms with E-state index in [1.807, 2.05) is 6.92 Å². The van der Waals surface area contributed by atoms with Gasteiger partial charge in [0.05, 0.1) is 0 Å². The number of hydrogen-bond acceptors (Lipinski definition) is 7. The topological polar surface area (TPSA) is 103 Å². The van der Waals surface area contributed by atoms with Gasteiger partial charge in [0.1, 0.15) is 5.71 Å². The van der Waals surface area contributed by atoms with Gasteiger partial charge in [-0.1, -0.05) is 6.92 Å². The second kappa shape index (κ2) is 6.22. The number of amides is 1. The largest absolute Gasteiger partial charge is 0.453 e. The van der Waals surface area contributed by atoms with Crippen LogP contribution < -0.4 is 0 Å². The van der Waals surface area contributed by atoms with Gasteiger partial charge in [0.15, 0.2) is 12.4 Å². The Kier molecular flexibility index (Phi) is 4.38. The molecule has 1 amide bonds. The predicted octanol–water partition coefficient (Wildman–Crippen LogP) is -0.266. The molecule has 1 aliphatic heterocycles. The summed E-state index contributed by atoms with van der Waals surface area (Å²) in [5.41, 5.74) is 0.238. The number of rotatable bonds is 5. The number of hydrazone groups is 1. The van der Waals surface area contributed by atoms with Gasteiger partial charge in [-0.05, 0) is 16.8 Å². The van der Waals surface area contributed by atoms with Gasteiger partial charge in [-0.15, -0.1) is 5.10 Å². The summed E-state index contributed by atoms with van der Waals surface area (Å²) in [7, 11) is 1.51. The maximum Gasteiger partial charge on any atom is 0.354 e. The predicted molar refractivity (Wildman–Crippen MR) is 67.3 cm³/mol. The van der Waals surface area contributed by atoms with E-state index < -0.39 is 5.97 Å². The van der Waals surface area contributed by atoms with E-state index in [1.54, 1.807) is 4.68 Å². The van der Waals surface area contributed by atoms with Crippen LogP contribution in [0, 0.1) is 0 Å². The Hall–Kier alpha value is -2.32. The van der Waals surface area contributed by atoms with Gasteiger partial charge in [-0.25, -0.2) is 14.5 Å². The van der Waals surface area contributed by atoms with Gasteiger partial charge in [0.2, 0.25) is 5.91 Å². The second-order valence-electron chi connectivity index (χ2n) is 4.36. The molecule has 9 heteroatoms. The summed E-state index contributed by atoms with van der Waals surface area (Å²) in [5, 5.41) is 16.2. The van der Waals surface area contributed by atoms with Crippen LogP contribution in [0.4, 0.5) is 0 Å². The first-order valence-corrected chi connectivity index (χ1v) is 6.38. The molecule has 0 bridgehead atoms. The lowest BCUT2D eigenvalue weighted by Crippen LogP contribution is -2.32. The zero-order chi connectivity index (χ0) is 14.5. The van der Waals surface area contributed by atoms with Crippen molar-refractivity contribution >= 4 is 17.6 Å². The number of aryl methyl sites for hydroxylation is 1. The summed E-state index contributed by atoms with van der Waals surface area (Å²) in [6, 6.07) is 0. The Labute approximate surface area is 115 Å². The van der Waals surface area contributed by atoms with Crippen LogP contribution >= 0.6 is 0 Å². The fourth-order valence-corrected chi connectivity index (χ4v) is 1.74. The van der Waals surface area contributed by atoms with Crippen molar-refractivity contribution in [3.63, 3.8) is 0 Å². The minimum atomic E-state index is -0.546. The van der Waals surface area contributed by atoms with Crippen LogP contribution in [-0.4, -0.2) is 49.9 Å². The molecule has 0 aliphatic carbocycles. The van der Waals surface area contributed by atoms with Crippen molar-refractivity contribution < 1.29 is 14.3 Å². The summed E-state index contributed by atoms with van der Waals surface area (Å²) >= 11 is 0. The number of ether oxygens (including phenoxy) is 1. The minimum Gasteiger partial charge on any atom is -0.453 e. The van der Waals surface area contributed by atoms with Gasteiger partial charge in [0.25, 0.3) is 0 Å². The van der Waals surface area contributed by atoms with Crippen molar-refractivity contribution in [2.45, 2.75) is 39.3 Å². The number of tetrazole rings is 1. The minimum absolute atomic E-state index is 0.0114. The molecule has 2 rings (SSSR count). The smallest absolute Gasteiger partial charge is 0.354 e. The summed E-state index contributed by atoms with van der Waals surface area (Å²) in [6.45, 7) is 2.65. The van der Waals surface area contributed by atoms with Crippen LogP contribution in [0.5, 0.6) is 0 Å². The molecule has 0 N–H and O–H groups in total. The van der Waals surface area contributed by atoms with Crippen molar-refractivity contribution in [2.24, 2.45) is 5.10 Å². The first-order valence-electron chi connectivity index (χ1n) is 6.38. The molecular weight excluding hydrogens is 264 g/mol. The standard InChI is InChI=1S/C11H16N6O3/c1-3-6-17-9(12-14-15-17)7-20-11(19)8-4-5-10(18)16(2)13-8/h3-7H2,1-2H3. The summed E-state index contributed by atoms with van der Waals surface area (Å²) in [4.78, 5) is 23.1. The molecule has 1 aromatic rings. The average Bonchev–Trinajstić information content (AvgIpc) is 2.87. The van der Waals surface area contributed by atoms with Crippen molar-refractivity contribution in [1.29, 1.82) is 0 Å². The maximum atomic E-state index is 11.8. The Morgan fingerprint density at radius 1 is 1.40 bits per heavy atom. The molecule has 1 aliphatic rings. The normalized spacial score (nSPS) is 15.2. The van der Waals surface area contributed by atoms with Gasteiger partial charge < -0.3 is 4.74 Å². The van der Waals surface area contributed by atoms with Crippen molar-refractivity contribution in [2.75, 3.05) is 7.05 Å². The molecule has 0 saturated carbocycles. The number of aromatic nitrogens is 4. The average molecular weight is 280 g/mol. The molecule has 2 heterocycles. The highest BCUT2D eigenvalue weighted by atomic mass is 16.5. The third kappa shape index (κ3) is 3.16. The number of carbonyl (C=O) groups excluding carboxylic acids is 2. The van der Waals surface area contributed by atoms with Crippen LogP contribution in [-0.2, 0) is 27.5 Å². The van der Waals surface area contributed by atoms with Crippen molar-refractivity contribution in [3.05, 3.63) is 5.82 Å². The Balaban J connectivity index is 1.94. The van der Waals surface area contributed by atoms with E-state index >= 15 is 0 Å². The lowest BCUT2D eigenvalue weighted by Gasteiger charge is -2.18. The molecule has 0 unspecified atom stereocenters. The molecule has 108 valence electrons. The fourth-order valence-electron chi connectivity index (χ4n) is 1.74. The second-order valence-corrected chi connectivity index (χ2v) is 4.36. The summed E-state index contributed by atoms with van der Waals surface area (Å²) in [6.07, 6.45) is 1.44. The molecular formula is C11H16N6O3. The number of nitrogens with zero attached hydrogens (tertiary/aromatic N) is 6. The molecule has 1 aromatic heterocycles. The Morgan fingerprint density at radius 3 is 2.90 bits per heavy atom. The highest BCUT2D eigenvalue weighted by Gasteiger charge is 2.23. The number of hydrogen-bond donors (Lipinski definition) is 0. The van der Waals surface area contributed by atoms with Crippen LogP contribution in [0.1, 0.15) is 32.0 Å². The van der Waals surface area contributed by atoms with Gasteiger partial charge in [-0.2, -0.15) is 5.10 Å². The highest BCUT2D eigenvalue weighted by molar-refractivity contribution is 6.37. The third-order valence-electron chi connectivity index (χ3n) is 2.82. The Morgan fingerprint density at radius 2 is 2.20 bits per heavy atom. The molecule has 0 spiro atoms. The Bertz CT molecular complexity index is 538. The number of esters is 1. The zero-order valence-electron chi connectivity index (χ0n) is 11.4. The van der Waals surface area contributed by atoms with Crippen LogP contribution in [0.2, 0.25) is 0 Å². The van der Waals surface area contributed by atoms with Crippen molar-refractivity contribution in [1.82, 2.24) is 25.2 Å². The van der Waals surface area contributed by atoms with Gasteiger partial charge >= 0.3 is 5.97 Å². The lowest BCUT2D eigenvalue weighted by atomic mass is 10.2. The number of carbonyl (C=O) groups is 2. The summed E-state index contributed by atoms with van der Waals surface area (Å²) in [5.74, 6) is -0.176. The molecule has 0 saturated heterocycles. The lowest BCUT2D eigenvalue weighted by molar-refractivity contribution is -0.137. The van der Waals surface area contributed by atoms with Crippen LogP contribution in [0.3, 0.4) is 0 Å². The van der Waals surface area contributed by atoms with E-state index in [0.29, 0.717) is 18.8 Å². The van der Waals surface area contributed by atoms with Gasteiger partial charge in [0, 0.05) is 26.4 Å². The van der Waals surface area contributed by atoms with E-state index in [0.717, 1.165) is 11.4 Å².